The van der Waals surface area contributed by atoms with E-state index in [9.17, 15) is 9.90 Å². The first-order valence-corrected chi connectivity index (χ1v) is 12.1. The molecule has 0 saturated carbocycles. The molecular formula is C28H35NO3. The van der Waals surface area contributed by atoms with E-state index in [4.69, 9.17) is 4.42 Å². The highest BCUT2D eigenvalue weighted by atomic mass is 16.4. The van der Waals surface area contributed by atoms with Gasteiger partial charge in [-0.05, 0) is 54.0 Å². The molecule has 0 bridgehead atoms. The maximum Gasteiger partial charge on any atom is 0.339 e. The summed E-state index contributed by atoms with van der Waals surface area (Å²) < 4.78 is 5.69. The second-order valence-corrected chi connectivity index (χ2v) is 9.42. The summed E-state index contributed by atoms with van der Waals surface area (Å²) in [6, 6.07) is 14.2. The van der Waals surface area contributed by atoms with Crippen molar-refractivity contribution in [1.29, 1.82) is 0 Å². The Morgan fingerprint density at radius 2 is 1.88 bits per heavy atom. The summed E-state index contributed by atoms with van der Waals surface area (Å²) in [5, 5.41) is 11.6. The van der Waals surface area contributed by atoms with E-state index in [2.05, 4.69) is 43.0 Å². The molecule has 1 atom stereocenters. The first-order chi connectivity index (χ1) is 15.5. The standard InChI is InChI=1S/C28H35NO3/c1-3-4-6-9-20(2)12-13-22-16-25(30)27-24-19-29(18-21-10-7-5-8-11-21)15-14-23(24)28(31)32-26(27)17-22/h5,7-8,10-11,16-17,20,30H,3-4,6,9,12-15,18-19H2,1-2H3. The van der Waals surface area contributed by atoms with Gasteiger partial charge in [-0.1, -0.05) is 69.9 Å². The summed E-state index contributed by atoms with van der Waals surface area (Å²) in [6.07, 6.45) is 7.67. The Balaban J connectivity index is 1.55. The van der Waals surface area contributed by atoms with Crippen LogP contribution in [0.15, 0.2) is 51.7 Å². The SMILES string of the molecule is CCCCCC(C)CCc1cc(O)c2c3c(c(=O)oc2c1)CCN(Cc1ccccc1)C3. The quantitative estimate of drug-likeness (QED) is 0.322. The van der Waals surface area contributed by atoms with Gasteiger partial charge in [0.2, 0.25) is 0 Å². The van der Waals surface area contributed by atoms with E-state index >= 15 is 0 Å². The molecule has 32 heavy (non-hydrogen) atoms. The van der Waals surface area contributed by atoms with Gasteiger partial charge in [-0.2, -0.15) is 0 Å². The smallest absolute Gasteiger partial charge is 0.339 e. The van der Waals surface area contributed by atoms with Crippen LogP contribution in [0.4, 0.5) is 0 Å². The minimum Gasteiger partial charge on any atom is -0.507 e. The van der Waals surface area contributed by atoms with Gasteiger partial charge in [0.1, 0.15) is 11.3 Å². The molecule has 2 aromatic carbocycles. The Hall–Kier alpha value is -2.59. The van der Waals surface area contributed by atoms with Crippen LogP contribution in [0.1, 0.15) is 68.2 Å². The predicted molar refractivity (Wildman–Crippen MR) is 130 cm³/mol. The number of aromatic hydroxyl groups is 1. The molecule has 0 amide bonds. The van der Waals surface area contributed by atoms with E-state index in [-0.39, 0.29) is 11.4 Å². The van der Waals surface area contributed by atoms with Gasteiger partial charge in [-0.15, -0.1) is 0 Å². The zero-order valence-electron chi connectivity index (χ0n) is 19.4. The van der Waals surface area contributed by atoms with Crippen LogP contribution in [0.2, 0.25) is 0 Å². The summed E-state index contributed by atoms with van der Waals surface area (Å²) in [5.74, 6) is 0.888. The van der Waals surface area contributed by atoms with E-state index in [0.29, 0.717) is 29.9 Å². The summed E-state index contributed by atoms with van der Waals surface area (Å²) in [7, 11) is 0. The molecule has 4 nitrogen and oxygen atoms in total. The molecule has 1 N–H and O–H groups in total. The van der Waals surface area contributed by atoms with E-state index in [1.165, 1.54) is 31.2 Å². The number of phenolic OH excluding ortho intramolecular Hbond substituents is 1. The fourth-order valence-corrected chi connectivity index (χ4v) is 4.90. The van der Waals surface area contributed by atoms with Gasteiger partial charge in [-0.3, -0.25) is 4.90 Å². The zero-order valence-corrected chi connectivity index (χ0v) is 19.4. The lowest BCUT2D eigenvalue weighted by Gasteiger charge is -2.29. The Bertz CT molecular complexity index is 1100. The monoisotopic (exact) mass is 433 g/mol. The number of fused-ring (bicyclic) bond motifs is 3. The van der Waals surface area contributed by atoms with E-state index in [1.807, 2.05) is 18.2 Å². The maximum atomic E-state index is 12.7. The lowest BCUT2D eigenvalue weighted by Crippen LogP contribution is -2.33. The molecule has 0 spiro atoms. The highest BCUT2D eigenvalue weighted by molar-refractivity contribution is 5.88. The fraction of sp³-hybridized carbons (Fsp3) is 0.464. The average Bonchev–Trinajstić information content (AvgIpc) is 2.78. The Labute approximate surface area is 190 Å². The van der Waals surface area contributed by atoms with Crippen molar-refractivity contribution in [1.82, 2.24) is 4.90 Å². The number of rotatable bonds is 9. The lowest BCUT2D eigenvalue weighted by molar-refractivity contribution is 0.243. The largest absolute Gasteiger partial charge is 0.507 e. The normalized spacial score (nSPS) is 15.1. The molecule has 0 aliphatic carbocycles. The van der Waals surface area contributed by atoms with Crippen LogP contribution in [-0.4, -0.2) is 16.6 Å². The van der Waals surface area contributed by atoms with Gasteiger partial charge in [0, 0.05) is 25.2 Å². The number of hydrogen-bond donors (Lipinski definition) is 1. The number of unbranched alkanes of at least 4 members (excludes halogenated alkanes) is 2. The molecule has 4 rings (SSSR count). The van der Waals surface area contributed by atoms with Crippen molar-refractivity contribution < 1.29 is 9.52 Å². The second-order valence-electron chi connectivity index (χ2n) is 9.42. The van der Waals surface area contributed by atoms with Gasteiger partial charge >= 0.3 is 5.63 Å². The summed E-state index contributed by atoms with van der Waals surface area (Å²) in [6.45, 7) is 6.82. The van der Waals surface area contributed by atoms with Crippen LogP contribution in [0.3, 0.4) is 0 Å². The summed E-state index contributed by atoms with van der Waals surface area (Å²) in [4.78, 5) is 15.0. The third-order valence-electron chi connectivity index (χ3n) is 6.79. The van der Waals surface area contributed by atoms with Crippen LogP contribution < -0.4 is 5.63 Å². The fourth-order valence-electron chi connectivity index (χ4n) is 4.90. The zero-order chi connectivity index (χ0) is 22.5. The van der Waals surface area contributed by atoms with Crippen molar-refractivity contribution in [2.75, 3.05) is 6.54 Å². The van der Waals surface area contributed by atoms with Crippen LogP contribution in [-0.2, 0) is 25.9 Å². The minimum atomic E-state index is -0.253. The molecule has 2 heterocycles. The maximum absolute atomic E-state index is 12.7. The molecule has 1 aromatic heterocycles. The van der Waals surface area contributed by atoms with E-state index < -0.39 is 0 Å². The predicted octanol–water partition coefficient (Wildman–Crippen LogP) is 6.21. The van der Waals surface area contributed by atoms with Crippen LogP contribution in [0.25, 0.3) is 11.0 Å². The molecular weight excluding hydrogens is 398 g/mol. The highest BCUT2D eigenvalue weighted by Crippen LogP contribution is 2.34. The van der Waals surface area contributed by atoms with Crippen molar-refractivity contribution >= 4 is 11.0 Å². The van der Waals surface area contributed by atoms with Crippen molar-refractivity contribution in [3.05, 3.63) is 75.1 Å². The molecule has 1 unspecified atom stereocenters. The lowest BCUT2D eigenvalue weighted by atomic mass is 9.93. The number of nitrogens with zero attached hydrogens (tertiary/aromatic N) is 1. The van der Waals surface area contributed by atoms with Crippen LogP contribution in [0, 0.1) is 5.92 Å². The van der Waals surface area contributed by atoms with E-state index in [0.717, 1.165) is 42.6 Å². The molecule has 0 saturated heterocycles. The molecule has 4 heteroatoms. The third-order valence-corrected chi connectivity index (χ3v) is 6.79. The Morgan fingerprint density at radius 1 is 1.06 bits per heavy atom. The average molecular weight is 434 g/mol. The molecule has 0 radical (unpaired) electrons. The van der Waals surface area contributed by atoms with Gasteiger partial charge in [-0.25, -0.2) is 4.79 Å². The van der Waals surface area contributed by atoms with Crippen molar-refractivity contribution in [2.24, 2.45) is 5.92 Å². The van der Waals surface area contributed by atoms with Gasteiger partial charge in [0.25, 0.3) is 0 Å². The third kappa shape index (κ3) is 5.24. The molecule has 0 fully saturated rings. The van der Waals surface area contributed by atoms with Crippen molar-refractivity contribution in [2.45, 2.75) is 71.9 Å². The second kappa shape index (κ2) is 10.4. The van der Waals surface area contributed by atoms with Gasteiger partial charge < -0.3 is 9.52 Å². The van der Waals surface area contributed by atoms with Crippen LogP contribution in [0.5, 0.6) is 5.75 Å². The van der Waals surface area contributed by atoms with Crippen molar-refractivity contribution in [3.8, 4) is 5.75 Å². The van der Waals surface area contributed by atoms with Gasteiger partial charge in [0.05, 0.1) is 5.39 Å². The Kier molecular flexibility index (Phi) is 7.31. The number of phenols is 1. The molecule has 3 aromatic rings. The molecule has 1 aliphatic rings. The van der Waals surface area contributed by atoms with Gasteiger partial charge in [0.15, 0.2) is 0 Å². The first-order valence-electron chi connectivity index (χ1n) is 12.1. The number of benzene rings is 2. The highest BCUT2D eigenvalue weighted by Gasteiger charge is 2.24. The van der Waals surface area contributed by atoms with Crippen LogP contribution >= 0.6 is 0 Å². The molecule has 170 valence electrons. The van der Waals surface area contributed by atoms with E-state index in [1.54, 1.807) is 0 Å². The summed E-state index contributed by atoms with van der Waals surface area (Å²) in [5.41, 5.74) is 4.20. The van der Waals surface area contributed by atoms with Crippen molar-refractivity contribution in [3.63, 3.8) is 0 Å². The molecule has 1 aliphatic heterocycles. The topological polar surface area (TPSA) is 53.7 Å². The number of hydrogen-bond acceptors (Lipinski definition) is 4. The first kappa shape index (κ1) is 22.6. The summed E-state index contributed by atoms with van der Waals surface area (Å²) >= 11 is 0. The minimum absolute atomic E-state index is 0.234. The number of aryl methyl sites for hydroxylation is 1. The Morgan fingerprint density at radius 3 is 2.66 bits per heavy atom.